The quantitative estimate of drug-likeness (QED) is 0.617. The van der Waals surface area contributed by atoms with Gasteiger partial charge in [0.1, 0.15) is 16.9 Å². The van der Waals surface area contributed by atoms with E-state index in [1.54, 1.807) is 29.7 Å². The van der Waals surface area contributed by atoms with Gasteiger partial charge < -0.3 is 0 Å². The molecule has 0 N–H and O–H groups in total. The monoisotopic (exact) mass is 318 g/mol. The molecule has 4 nitrogen and oxygen atoms in total. The molecule has 21 heavy (non-hydrogen) atoms. The first-order valence-electron chi connectivity index (χ1n) is 6.24. The van der Waals surface area contributed by atoms with E-state index in [-0.39, 0.29) is 11.9 Å². The largest absolute Gasteiger partial charge is 0.247 e. The van der Waals surface area contributed by atoms with Gasteiger partial charge in [0.15, 0.2) is 0 Å². The summed E-state index contributed by atoms with van der Waals surface area (Å²) in [6, 6.07) is 6.15. The van der Waals surface area contributed by atoms with Crippen molar-refractivity contribution in [2.45, 2.75) is 13.0 Å². The Balaban J connectivity index is 1.74. The Morgan fingerprint density at radius 3 is 2.71 bits per heavy atom. The molecule has 0 amide bonds. The summed E-state index contributed by atoms with van der Waals surface area (Å²) in [7, 11) is 0. The van der Waals surface area contributed by atoms with Crippen LogP contribution in [0.1, 0.15) is 18.0 Å². The minimum Gasteiger partial charge on any atom is -0.247 e. The second-order valence-electron chi connectivity index (χ2n) is 4.28. The zero-order valence-electron chi connectivity index (χ0n) is 11.1. The van der Waals surface area contributed by atoms with Crippen molar-refractivity contribution in [1.29, 1.82) is 0 Å². The second-order valence-corrected chi connectivity index (χ2v) is 6.05. The number of azo groups is 1. The predicted molar refractivity (Wildman–Crippen MR) is 82.6 cm³/mol. The number of rotatable bonds is 4. The highest BCUT2D eigenvalue weighted by Crippen LogP contribution is 2.28. The van der Waals surface area contributed by atoms with Crippen LogP contribution in [0.15, 0.2) is 51.5 Å². The molecule has 3 rings (SSSR count). The fourth-order valence-corrected chi connectivity index (χ4v) is 2.97. The van der Waals surface area contributed by atoms with E-state index in [1.165, 1.54) is 23.5 Å². The highest BCUT2D eigenvalue weighted by Gasteiger charge is 2.07. The average Bonchev–Trinajstić information content (AvgIpc) is 3.17. The maximum atomic E-state index is 12.9. The van der Waals surface area contributed by atoms with E-state index in [1.807, 2.05) is 17.7 Å². The molecule has 0 aliphatic rings. The van der Waals surface area contributed by atoms with Gasteiger partial charge in [-0.1, -0.05) is 0 Å². The summed E-state index contributed by atoms with van der Waals surface area (Å²) < 4.78 is 12.9. The van der Waals surface area contributed by atoms with Crippen LogP contribution >= 0.6 is 22.7 Å². The predicted octanol–water partition coefficient (Wildman–Crippen LogP) is 5.25. The molecule has 0 spiro atoms. The number of aromatic nitrogens is 2. The first-order chi connectivity index (χ1) is 10.2. The van der Waals surface area contributed by atoms with Crippen LogP contribution in [-0.2, 0) is 0 Å². The van der Waals surface area contributed by atoms with Gasteiger partial charge in [-0.2, -0.15) is 5.11 Å². The van der Waals surface area contributed by atoms with Gasteiger partial charge in [-0.15, -0.1) is 27.8 Å². The topological polar surface area (TPSA) is 50.5 Å². The van der Waals surface area contributed by atoms with E-state index in [2.05, 4.69) is 20.2 Å². The molecule has 7 heteroatoms. The van der Waals surface area contributed by atoms with E-state index in [4.69, 9.17) is 0 Å². The summed E-state index contributed by atoms with van der Waals surface area (Å²) in [6.07, 6.45) is 1.75. The first-order valence-corrected chi connectivity index (χ1v) is 8.00. The van der Waals surface area contributed by atoms with Crippen LogP contribution in [-0.4, -0.2) is 9.97 Å². The summed E-state index contributed by atoms with van der Waals surface area (Å²) in [4.78, 5) is 8.58. The van der Waals surface area contributed by atoms with Gasteiger partial charge in [-0.3, -0.25) is 0 Å². The molecule has 0 saturated heterocycles. The molecule has 1 unspecified atom stereocenters. The van der Waals surface area contributed by atoms with E-state index >= 15 is 0 Å². The van der Waals surface area contributed by atoms with Gasteiger partial charge in [-0.25, -0.2) is 14.4 Å². The van der Waals surface area contributed by atoms with Crippen molar-refractivity contribution in [1.82, 2.24) is 9.97 Å². The molecule has 0 fully saturated rings. The van der Waals surface area contributed by atoms with Crippen LogP contribution in [0.3, 0.4) is 0 Å². The van der Waals surface area contributed by atoms with Crippen molar-refractivity contribution in [3.8, 4) is 11.3 Å². The summed E-state index contributed by atoms with van der Waals surface area (Å²) in [6.45, 7) is 1.94. The Kier molecular flexibility index (Phi) is 4.12. The van der Waals surface area contributed by atoms with Crippen molar-refractivity contribution >= 4 is 27.8 Å². The van der Waals surface area contributed by atoms with E-state index in [0.29, 0.717) is 5.13 Å². The summed E-state index contributed by atoms with van der Waals surface area (Å²) in [5.74, 6) is -0.258. The van der Waals surface area contributed by atoms with E-state index in [9.17, 15) is 4.39 Å². The molecule has 2 heterocycles. The Morgan fingerprint density at radius 2 is 2.00 bits per heavy atom. The number of hydrogen-bond donors (Lipinski definition) is 0. The Bertz CT molecular complexity index is 735. The van der Waals surface area contributed by atoms with Gasteiger partial charge in [0.05, 0.1) is 5.69 Å². The van der Waals surface area contributed by atoms with Gasteiger partial charge in [0.25, 0.3) is 0 Å². The molecular weight excluding hydrogens is 307 g/mol. The summed E-state index contributed by atoms with van der Waals surface area (Å²) in [5.41, 5.74) is 1.64. The highest BCUT2D eigenvalue weighted by atomic mass is 32.1. The lowest BCUT2D eigenvalue weighted by Crippen LogP contribution is -1.85. The molecule has 106 valence electrons. The van der Waals surface area contributed by atoms with Crippen LogP contribution in [0, 0.1) is 5.82 Å². The highest BCUT2D eigenvalue weighted by molar-refractivity contribution is 7.13. The van der Waals surface area contributed by atoms with Gasteiger partial charge in [-0.05, 0) is 31.2 Å². The van der Waals surface area contributed by atoms with Gasteiger partial charge >= 0.3 is 0 Å². The van der Waals surface area contributed by atoms with Crippen LogP contribution < -0.4 is 0 Å². The SMILES string of the molecule is CC(N=Nc1nc(-c2ccc(F)cc2)cs1)c1nccs1. The maximum Gasteiger partial charge on any atom is 0.230 e. The minimum absolute atomic E-state index is 0.0804. The molecule has 0 radical (unpaired) electrons. The zero-order valence-corrected chi connectivity index (χ0v) is 12.7. The lowest BCUT2D eigenvalue weighted by molar-refractivity contribution is 0.628. The normalized spacial score (nSPS) is 12.9. The molecule has 1 aromatic carbocycles. The minimum atomic E-state index is -0.258. The Hall–Kier alpha value is -1.99. The van der Waals surface area contributed by atoms with E-state index < -0.39 is 0 Å². The van der Waals surface area contributed by atoms with Crippen molar-refractivity contribution in [2.24, 2.45) is 10.2 Å². The third-order valence-electron chi connectivity index (χ3n) is 2.76. The Morgan fingerprint density at radius 1 is 1.19 bits per heavy atom. The number of thiazole rings is 2. The van der Waals surface area contributed by atoms with Crippen LogP contribution in [0.2, 0.25) is 0 Å². The fraction of sp³-hybridized carbons (Fsp3) is 0.143. The van der Waals surface area contributed by atoms with Crippen molar-refractivity contribution in [3.63, 3.8) is 0 Å². The molecule has 2 aromatic heterocycles. The summed E-state index contributed by atoms with van der Waals surface area (Å²) >= 11 is 2.96. The molecule has 1 atom stereocenters. The van der Waals surface area contributed by atoms with Crippen molar-refractivity contribution in [2.75, 3.05) is 0 Å². The third kappa shape index (κ3) is 3.37. The number of halogens is 1. The number of nitrogens with zero attached hydrogens (tertiary/aromatic N) is 4. The van der Waals surface area contributed by atoms with Crippen LogP contribution in [0.4, 0.5) is 9.52 Å². The fourth-order valence-electron chi connectivity index (χ4n) is 1.69. The van der Waals surface area contributed by atoms with Gasteiger partial charge in [0.2, 0.25) is 5.13 Å². The van der Waals surface area contributed by atoms with Crippen molar-refractivity contribution < 1.29 is 4.39 Å². The molecular formula is C14H11FN4S2. The van der Waals surface area contributed by atoms with Gasteiger partial charge in [0, 0.05) is 22.5 Å². The summed E-state index contributed by atoms with van der Waals surface area (Å²) in [5, 5.41) is 13.7. The van der Waals surface area contributed by atoms with E-state index in [0.717, 1.165) is 16.3 Å². The second kappa shape index (κ2) is 6.19. The standard InChI is InChI=1S/C14H11FN4S2/c1-9(13-16-6-7-20-13)18-19-14-17-12(8-21-14)10-2-4-11(15)5-3-10/h2-9H,1H3. The first kappa shape index (κ1) is 14.0. The number of hydrogen-bond acceptors (Lipinski definition) is 6. The molecule has 0 aliphatic heterocycles. The lowest BCUT2D eigenvalue weighted by atomic mass is 10.2. The molecule has 0 bridgehead atoms. The van der Waals surface area contributed by atoms with Crippen molar-refractivity contribution in [3.05, 3.63) is 52.0 Å². The third-order valence-corrected chi connectivity index (χ3v) is 4.43. The lowest BCUT2D eigenvalue weighted by Gasteiger charge is -1.97. The number of benzene rings is 1. The average molecular weight is 318 g/mol. The zero-order chi connectivity index (χ0) is 14.7. The van der Waals surface area contributed by atoms with Crippen LogP contribution in [0.5, 0.6) is 0 Å². The Labute approximate surface area is 129 Å². The molecule has 0 saturated carbocycles. The van der Waals surface area contributed by atoms with Crippen LogP contribution in [0.25, 0.3) is 11.3 Å². The smallest absolute Gasteiger partial charge is 0.230 e. The molecule has 3 aromatic rings. The maximum absolute atomic E-state index is 12.9. The molecule has 0 aliphatic carbocycles.